The van der Waals surface area contributed by atoms with E-state index in [1.165, 1.54) is 6.42 Å². The zero-order valence-electron chi connectivity index (χ0n) is 12.8. The Kier molecular flexibility index (Phi) is 3.45. The maximum Gasteiger partial charge on any atom is 0.257 e. The van der Waals surface area contributed by atoms with Crippen LogP contribution in [0.4, 0.5) is 0 Å². The summed E-state index contributed by atoms with van der Waals surface area (Å²) in [7, 11) is 0. The summed E-state index contributed by atoms with van der Waals surface area (Å²) < 4.78 is 11.3. The number of hydrogen-bond donors (Lipinski definition) is 1. The summed E-state index contributed by atoms with van der Waals surface area (Å²) in [6.07, 6.45) is 3.43. The molecule has 0 unspecified atom stereocenters. The van der Waals surface area contributed by atoms with Crippen LogP contribution in [-0.2, 0) is 0 Å². The van der Waals surface area contributed by atoms with Crippen molar-refractivity contribution in [3.63, 3.8) is 0 Å². The molecule has 1 spiro atoms. The van der Waals surface area contributed by atoms with Gasteiger partial charge in [-0.1, -0.05) is 6.07 Å². The molecule has 1 aromatic carbocycles. The number of benzene rings is 1. The van der Waals surface area contributed by atoms with E-state index in [4.69, 9.17) is 9.47 Å². The molecule has 0 bridgehead atoms. The Bertz CT molecular complexity index is 571. The lowest BCUT2D eigenvalue weighted by Gasteiger charge is -2.39. The highest BCUT2D eigenvalue weighted by molar-refractivity contribution is 5.98. The second kappa shape index (κ2) is 5.47. The molecule has 22 heavy (non-hydrogen) atoms. The largest absolute Gasteiger partial charge is 0.486 e. The van der Waals surface area contributed by atoms with Gasteiger partial charge in [0.2, 0.25) is 0 Å². The van der Waals surface area contributed by atoms with Gasteiger partial charge < -0.3 is 19.7 Å². The van der Waals surface area contributed by atoms with E-state index < -0.39 is 0 Å². The van der Waals surface area contributed by atoms with Crippen LogP contribution >= 0.6 is 0 Å². The molecule has 1 aromatic rings. The monoisotopic (exact) mass is 302 g/mol. The van der Waals surface area contributed by atoms with Gasteiger partial charge in [0.15, 0.2) is 11.5 Å². The Hall–Kier alpha value is -1.75. The minimum Gasteiger partial charge on any atom is -0.486 e. The van der Waals surface area contributed by atoms with Crippen molar-refractivity contribution in [1.82, 2.24) is 10.2 Å². The van der Waals surface area contributed by atoms with Crippen LogP contribution in [-0.4, -0.2) is 50.2 Å². The summed E-state index contributed by atoms with van der Waals surface area (Å²) in [5.41, 5.74) is 1.06. The molecule has 4 rings (SSSR count). The molecule has 2 fully saturated rings. The molecule has 0 radical (unpaired) electrons. The number of nitrogens with zero attached hydrogens (tertiary/aromatic N) is 1. The zero-order valence-corrected chi connectivity index (χ0v) is 12.8. The van der Waals surface area contributed by atoms with E-state index in [9.17, 15) is 4.79 Å². The van der Waals surface area contributed by atoms with Gasteiger partial charge in [-0.3, -0.25) is 4.79 Å². The minimum absolute atomic E-state index is 0.0724. The van der Waals surface area contributed by atoms with Gasteiger partial charge in [0.05, 0.1) is 5.56 Å². The van der Waals surface area contributed by atoms with E-state index in [2.05, 4.69) is 5.32 Å². The van der Waals surface area contributed by atoms with E-state index in [1.807, 2.05) is 23.1 Å². The summed E-state index contributed by atoms with van der Waals surface area (Å²) in [6, 6.07) is 5.57. The fourth-order valence-corrected chi connectivity index (χ4v) is 3.82. The van der Waals surface area contributed by atoms with E-state index in [1.54, 1.807) is 0 Å². The summed E-state index contributed by atoms with van der Waals surface area (Å²) in [4.78, 5) is 14.8. The van der Waals surface area contributed by atoms with E-state index >= 15 is 0 Å². The molecule has 3 aliphatic rings. The van der Waals surface area contributed by atoms with Crippen molar-refractivity contribution in [3.05, 3.63) is 23.8 Å². The van der Waals surface area contributed by atoms with Gasteiger partial charge in [0.1, 0.15) is 13.2 Å². The SMILES string of the molecule is O=C(c1cccc2c1OCCO2)N1CCC2(CCNC2)CC1. The molecule has 0 aromatic heterocycles. The number of amides is 1. The van der Waals surface area contributed by atoms with E-state index in [0.717, 1.165) is 39.0 Å². The van der Waals surface area contributed by atoms with E-state index in [-0.39, 0.29) is 5.91 Å². The fraction of sp³-hybridized carbons (Fsp3) is 0.588. The number of rotatable bonds is 1. The Balaban J connectivity index is 1.51. The van der Waals surface area contributed by atoms with Crippen LogP contribution in [0.2, 0.25) is 0 Å². The zero-order chi connectivity index (χ0) is 15.0. The Morgan fingerprint density at radius 3 is 2.73 bits per heavy atom. The molecule has 0 saturated carbocycles. The van der Waals surface area contributed by atoms with Gasteiger partial charge in [0, 0.05) is 19.6 Å². The van der Waals surface area contributed by atoms with Crippen molar-refractivity contribution in [2.24, 2.45) is 5.41 Å². The maximum atomic E-state index is 12.8. The third kappa shape index (κ3) is 2.33. The lowest BCUT2D eigenvalue weighted by molar-refractivity contribution is 0.0599. The molecule has 5 nitrogen and oxygen atoms in total. The van der Waals surface area contributed by atoms with Gasteiger partial charge in [0.25, 0.3) is 5.91 Å². The highest BCUT2D eigenvalue weighted by Gasteiger charge is 2.38. The number of ether oxygens (including phenoxy) is 2. The average Bonchev–Trinajstić information content (AvgIpc) is 3.02. The Morgan fingerprint density at radius 2 is 1.95 bits per heavy atom. The predicted molar refractivity (Wildman–Crippen MR) is 82.5 cm³/mol. The van der Waals surface area contributed by atoms with Crippen molar-refractivity contribution in [1.29, 1.82) is 0 Å². The summed E-state index contributed by atoms with van der Waals surface area (Å²) in [6.45, 7) is 4.95. The summed E-state index contributed by atoms with van der Waals surface area (Å²) in [5.74, 6) is 1.37. The minimum atomic E-state index is 0.0724. The lowest BCUT2D eigenvalue weighted by Crippen LogP contribution is -2.44. The molecular formula is C17H22N2O3. The molecule has 118 valence electrons. The van der Waals surface area contributed by atoms with Gasteiger partial charge in [-0.15, -0.1) is 0 Å². The maximum absolute atomic E-state index is 12.8. The smallest absolute Gasteiger partial charge is 0.257 e. The molecule has 3 heterocycles. The number of para-hydroxylation sites is 1. The van der Waals surface area contributed by atoms with Crippen molar-refractivity contribution >= 4 is 5.91 Å². The van der Waals surface area contributed by atoms with Crippen LogP contribution in [0.5, 0.6) is 11.5 Å². The van der Waals surface area contributed by atoms with Crippen molar-refractivity contribution in [3.8, 4) is 11.5 Å². The van der Waals surface area contributed by atoms with Crippen molar-refractivity contribution in [2.75, 3.05) is 39.4 Å². The quantitative estimate of drug-likeness (QED) is 0.857. The highest BCUT2D eigenvalue weighted by atomic mass is 16.6. The van der Waals surface area contributed by atoms with Crippen LogP contribution in [0.1, 0.15) is 29.6 Å². The van der Waals surface area contributed by atoms with Gasteiger partial charge in [-0.05, 0) is 43.4 Å². The van der Waals surface area contributed by atoms with Gasteiger partial charge in [-0.2, -0.15) is 0 Å². The molecule has 2 saturated heterocycles. The van der Waals surface area contributed by atoms with Crippen LogP contribution < -0.4 is 14.8 Å². The van der Waals surface area contributed by atoms with E-state index in [0.29, 0.717) is 35.7 Å². The first-order valence-electron chi connectivity index (χ1n) is 8.16. The number of likely N-dealkylation sites (tertiary alicyclic amines) is 1. The first kappa shape index (κ1) is 13.9. The molecular weight excluding hydrogens is 280 g/mol. The summed E-state index contributed by atoms with van der Waals surface area (Å²) in [5, 5.41) is 3.46. The third-order valence-corrected chi connectivity index (χ3v) is 5.24. The van der Waals surface area contributed by atoms with Crippen LogP contribution in [0, 0.1) is 5.41 Å². The van der Waals surface area contributed by atoms with Gasteiger partial charge >= 0.3 is 0 Å². The first-order valence-corrected chi connectivity index (χ1v) is 8.16. The van der Waals surface area contributed by atoms with Crippen molar-refractivity contribution < 1.29 is 14.3 Å². The third-order valence-electron chi connectivity index (χ3n) is 5.24. The number of hydrogen-bond acceptors (Lipinski definition) is 4. The number of piperidine rings is 1. The summed E-state index contributed by atoms with van der Waals surface area (Å²) >= 11 is 0. The van der Waals surface area contributed by atoms with Crippen LogP contribution in [0.3, 0.4) is 0 Å². The van der Waals surface area contributed by atoms with Crippen LogP contribution in [0.15, 0.2) is 18.2 Å². The first-order chi connectivity index (χ1) is 10.8. The highest BCUT2D eigenvalue weighted by Crippen LogP contribution is 2.39. The molecule has 5 heteroatoms. The molecule has 1 amide bonds. The lowest BCUT2D eigenvalue weighted by atomic mass is 9.78. The Labute approximate surface area is 130 Å². The molecule has 1 N–H and O–H groups in total. The topological polar surface area (TPSA) is 50.8 Å². The Morgan fingerprint density at radius 1 is 1.14 bits per heavy atom. The second-order valence-corrected chi connectivity index (χ2v) is 6.55. The normalized spacial score (nSPS) is 22.8. The van der Waals surface area contributed by atoms with Crippen molar-refractivity contribution in [2.45, 2.75) is 19.3 Å². The molecule has 3 aliphatic heterocycles. The predicted octanol–water partition coefficient (Wildman–Crippen LogP) is 1.67. The van der Waals surface area contributed by atoms with Gasteiger partial charge in [-0.25, -0.2) is 0 Å². The average molecular weight is 302 g/mol. The van der Waals surface area contributed by atoms with Crippen LogP contribution in [0.25, 0.3) is 0 Å². The fourth-order valence-electron chi connectivity index (χ4n) is 3.82. The number of carbonyl (C=O) groups is 1. The number of fused-ring (bicyclic) bond motifs is 1. The number of nitrogens with one attached hydrogen (secondary N) is 1. The molecule has 0 aliphatic carbocycles. The number of carbonyl (C=O) groups excluding carboxylic acids is 1. The second-order valence-electron chi connectivity index (χ2n) is 6.55. The molecule has 0 atom stereocenters. The standard InChI is InChI=1S/C17H22N2O3/c20-16(13-2-1-3-14-15(13)22-11-10-21-14)19-8-5-17(6-9-19)4-7-18-12-17/h1-3,18H,4-12H2.